The lowest BCUT2D eigenvalue weighted by Crippen LogP contribution is -2.48. The van der Waals surface area contributed by atoms with Gasteiger partial charge in [-0.3, -0.25) is 9.69 Å². The Morgan fingerprint density at radius 1 is 1.14 bits per heavy atom. The third-order valence-corrected chi connectivity index (χ3v) is 4.34. The van der Waals surface area contributed by atoms with Crippen LogP contribution in [-0.4, -0.2) is 41.9 Å². The van der Waals surface area contributed by atoms with E-state index in [0.717, 1.165) is 25.4 Å². The fourth-order valence-corrected chi connectivity index (χ4v) is 2.93. The smallest absolute Gasteiger partial charge is 0.255 e. The minimum absolute atomic E-state index is 0.0647. The molecule has 0 radical (unpaired) electrons. The monoisotopic (exact) mass is 338 g/mol. The number of benzene rings is 1. The van der Waals surface area contributed by atoms with Crippen LogP contribution in [0.15, 0.2) is 41.0 Å². The highest BCUT2D eigenvalue weighted by atomic mass is 35.5. The van der Waals surface area contributed by atoms with Crippen LogP contribution in [0.25, 0.3) is 0 Å². The van der Waals surface area contributed by atoms with Gasteiger partial charge in [-0.15, -0.1) is 0 Å². The van der Waals surface area contributed by atoms with E-state index in [1.165, 1.54) is 0 Å². The number of rotatable bonds is 3. The zero-order valence-electron chi connectivity index (χ0n) is 12.0. The summed E-state index contributed by atoms with van der Waals surface area (Å²) >= 11 is 12.1. The molecule has 22 heavy (non-hydrogen) atoms. The molecule has 3 rings (SSSR count). The Kier molecular flexibility index (Phi) is 4.71. The minimum Gasteiger partial charge on any atom is -0.468 e. The maximum absolute atomic E-state index is 12.5. The predicted molar refractivity (Wildman–Crippen MR) is 86.4 cm³/mol. The zero-order valence-corrected chi connectivity index (χ0v) is 13.5. The Bertz CT molecular complexity index is 650. The number of piperazine rings is 1. The molecule has 1 aliphatic rings. The van der Waals surface area contributed by atoms with Gasteiger partial charge in [0.15, 0.2) is 0 Å². The Morgan fingerprint density at radius 3 is 2.59 bits per heavy atom. The van der Waals surface area contributed by atoms with E-state index >= 15 is 0 Å². The van der Waals surface area contributed by atoms with Gasteiger partial charge in [-0.05, 0) is 30.3 Å². The van der Waals surface area contributed by atoms with Crippen molar-refractivity contribution in [1.82, 2.24) is 9.80 Å². The molecule has 1 amide bonds. The summed E-state index contributed by atoms with van der Waals surface area (Å²) in [4.78, 5) is 16.6. The number of furan rings is 1. The molecule has 6 heteroatoms. The lowest BCUT2D eigenvalue weighted by atomic mass is 10.1. The van der Waals surface area contributed by atoms with Crippen LogP contribution < -0.4 is 0 Å². The van der Waals surface area contributed by atoms with Crippen molar-refractivity contribution in [3.8, 4) is 0 Å². The van der Waals surface area contributed by atoms with Gasteiger partial charge in [-0.1, -0.05) is 23.2 Å². The van der Waals surface area contributed by atoms with Crippen molar-refractivity contribution in [2.75, 3.05) is 26.2 Å². The summed E-state index contributed by atoms with van der Waals surface area (Å²) in [5.74, 6) is 0.878. The number of hydrogen-bond donors (Lipinski definition) is 0. The molecule has 0 aliphatic carbocycles. The molecule has 2 aromatic rings. The topological polar surface area (TPSA) is 36.7 Å². The first-order valence-corrected chi connectivity index (χ1v) is 7.88. The Labute approximate surface area is 139 Å². The summed E-state index contributed by atoms with van der Waals surface area (Å²) in [5.41, 5.74) is 0.466. The number of hydrogen-bond acceptors (Lipinski definition) is 3. The molecule has 0 unspecified atom stereocenters. The molecule has 0 bridgehead atoms. The van der Waals surface area contributed by atoms with Gasteiger partial charge in [0.2, 0.25) is 0 Å². The summed E-state index contributed by atoms with van der Waals surface area (Å²) in [5, 5.41) is 0.955. The van der Waals surface area contributed by atoms with Crippen molar-refractivity contribution in [2.24, 2.45) is 0 Å². The van der Waals surface area contributed by atoms with Crippen LogP contribution in [0.5, 0.6) is 0 Å². The van der Waals surface area contributed by atoms with Gasteiger partial charge >= 0.3 is 0 Å². The Hall–Kier alpha value is -1.49. The van der Waals surface area contributed by atoms with E-state index in [9.17, 15) is 4.79 Å². The maximum atomic E-state index is 12.5. The lowest BCUT2D eigenvalue weighted by molar-refractivity contribution is 0.0620. The van der Waals surface area contributed by atoms with Crippen molar-refractivity contribution in [3.63, 3.8) is 0 Å². The van der Waals surface area contributed by atoms with E-state index in [1.54, 1.807) is 24.5 Å². The standard InChI is InChI=1S/C16H16Cl2N2O2/c17-12-3-4-15(18)14(10-12)16(21)20-7-5-19(6-8-20)11-13-2-1-9-22-13/h1-4,9-10H,5-8,11H2. The van der Waals surface area contributed by atoms with Crippen molar-refractivity contribution < 1.29 is 9.21 Å². The molecule has 0 atom stereocenters. The van der Waals surface area contributed by atoms with Crippen LogP contribution in [0.1, 0.15) is 16.1 Å². The lowest BCUT2D eigenvalue weighted by Gasteiger charge is -2.34. The van der Waals surface area contributed by atoms with Gasteiger partial charge < -0.3 is 9.32 Å². The van der Waals surface area contributed by atoms with Crippen LogP contribution in [-0.2, 0) is 6.54 Å². The third-order valence-electron chi connectivity index (χ3n) is 3.78. The van der Waals surface area contributed by atoms with Gasteiger partial charge in [0.05, 0.1) is 23.4 Å². The van der Waals surface area contributed by atoms with E-state index in [1.807, 2.05) is 17.0 Å². The maximum Gasteiger partial charge on any atom is 0.255 e. The van der Waals surface area contributed by atoms with Gasteiger partial charge in [0.25, 0.3) is 5.91 Å². The molecule has 1 aliphatic heterocycles. The molecule has 1 aromatic heterocycles. The number of halogens is 2. The molecule has 116 valence electrons. The first-order valence-electron chi connectivity index (χ1n) is 7.12. The van der Waals surface area contributed by atoms with Crippen LogP contribution in [0.2, 0.25) is 10.0 Å². The van der Waals surface area contributed by atoms with Crippen LogP contribution in [0.3, 0.4) is 0 Å². The highest BCUT2D eigenvalue weighted by molar-refractivity contribution is 6.35. The van der Waals surface area contributed by atoms with Crippen molar-refractivity contribution >= 4 is 29.1 Å². The fourth-order valence-electron chi connectivity index (χ4n) is 2.56. The number of amides is 1. The molecule has 1 aromatic carbocycles. The van der Waals surface area contributed by atoms with E-state index in [-0.39, 0.29) is 5.91 Å². The average Bonchev–Trinajstić information content (AvgIpc) is 3.03. The highest BCUT2D eigenvalue weighted by Crippen LogP contribution is 2.22. The molecule has 1 saturated heterocycles. The Balaban J connectivity index is 1.61. The van der Waals surface area contributed by atoms with Crippen LogP contribution >= 0.6 is 23.2 Å². The molecular formula is C16H16Cl2N2O2. The predicted octanol–water partition coefficient (Wildman–Crippen LogP) is 3.54. The molecule has 0 saturated carbocycles. The van der Waals surface area contributed by atoms with E-state index in [4.69, 9.17) is 27.6 Å². The largest absolute Gasteiger partial charge is 0.468 e. The fraction of sp³-hybridized carbons (Fsp3) is 0.312. The number of carbonyl (C=O) groups is 1. The summed E-state index contributed by atoms with van der Waals surface area (Å²) < 4.78 is 5.35. The SMILES string of the molecule is O=C(c1cc(Cl)ccc1Cl)N1CCN(Cc2ccco2)CC1. The summed E-state index contributed by atoms with van der Waals surface area (Å²) in [6.07, 6.45) is 1.68. The summed E-state index contributed by atoms with van der Waals surface area (Å²) in [7, 11) is 0. The molecular weight excluding hydrogens is 323 g/mol. The minimum atomic E-state index is -0.0647. The second-order valence-corrected chi connectivity index (χ2v) is 6.12. The summed E-state index contributed by atoms with van der Waals surface area (Å²) in [6, 6.07) is 8.81. The quantitative estimate of drug-likeness (QED) is 0.858. The van der Waals surface area contributed by atoms with Crippen LogP contribution in [0.4, 0.5) is 0 Å². The Morgan fingerprint density at radius 2 is 1.91 bits per heavy atom. The van der Waals surface area contributed by atoms with E-state index in [2.05, 4.69) is 4.90 Å². The molecule has 0 spiro atoms. The van der Waals surface area contributed by atoms with E-state index in [0.29, 0.717) is 28.7 Å². The first kappa shape index (κ1) is 15.4. The number of nitrogens with zero attached hydrogens (tertiary/aromatic N) is 2. The zero-order chi connectivity index (χ0) is 15.5. The molecule has 4 nitrogen and oxygen atoms in total. The average molecular weight is 339 g/mol. The summed E-state index contributed by atoms with van der Waals surface area (Å²) in [6.45, 7) is 3.73. The first-order chi connectivity index (χ1) is 10.6. The van der Waals surface area contributed by atoms with Gasteiger partial charge in [-0.2, -0.15) is 0 Å². The van der Waals surface area contributed by atoms with E-state index < -0.39 is 0 Å². The van der Waals surface area contributed by atoms with Crippen molar-refractivity contribution in [2.45, 2.75) is 6.54 Å². The van der Waals surface area contributed by atoms with Gasteiger partial charge in [-0.25, -0.2) is 0 Å². The van der Waals surface area contributed by atoms with Crippen LogP contribution in [0, 0.1) is 0 Å². The third kappa shape index (κ3) is 3.46. The highest BCUT2D eigenvalue weighted by Gasteiger charge is 2.24. The molecule has 1 fully saturated rings. The van der Waals surface area contributed by atoms with Gasteiger partial charge in [0, 0.05) is 31.2 Å². The van der Waals surface area contributed by atoms with Crippen molar-refractivity contribution in [3.05, 3.63) is 58.0 Å². The second kappa shape index (κ2) is 6.73. The van der Waals surface area contributed by atoms with Gasteiger partial charge in [0.1, 0.15) is 5.76 Å². The van der Waals surface area contributed by atoms with Crippen molar-refractivity contribution in [1.29, 1.82) is 0 Å². The molecule has 0 N–H and O–H groups in total. The second-order valence-electron chi connectivity index (χ2n) is 5.27. The normalized spacial score (nSPS) is 16.0. The number of carbonyl (C=O) groups excluding carboxylic acids is 1. The molecule has 2 heterocycles.